The average Bonchev–Trinajstić information content (AvgIpc) is 3.20. The molecule has 8 nitrogen and oxygen atoms in total. The highest BCUT2D eigenvalue weighted by atomic mass is 35.5. The number of carbonyl (C=O) groups is 1. The van der Waals surface area contributed by atoms with E-state index >= 15 is 4.39 Å². The number of carboxylic acid groups (broad SMARTS) is 1. The summed E-state index contributed by atoms with van der Waals surface area (Å²) in [6, 6.07) is 6.37. The van der Waals surface area contributed by atoms with Crippen molar-refractivity contribution in [3.8, 4) is 11.6 Å². The Morgan fingerprint density at radius 2 is 2.00 bits per heavy atom. The standard InChI is InChI=1S/C29H39ClFN3O5/c1-5-6-11-38-27-17-34(24(19(27)3)14-29(35)36)23-8-7-20(12-22(23)31)39-26-9-10-33(16-18(26)2)25-13-28(37-4)32-15-21(25)30/h7-8,12-13,15,18-19,24,26-27H,5-6,9-11,14,16-17H2,1-4H3,(H,35,36)/t18?,19-,24-,26?,27-/m0/s1. The molecule has 39 heavy (non-hydrogen) atoms. The normalized spacial score (nSPS) is 25.1. The van der Waals surface area contributed by atoms with Gasteiger partial charge in [-0.3, -0.25) is 4.79 Å². The zero-order valence-corrected chi connectivity index (χ0v) is 23.9. The Hall–Kier alpha value is -2.78. The Kier molecular flexibility index (Phi) is 9.77. The topological polar surface area (TPSA) is 84.4 Å². The molecule has 2 aliphatic rings. The Balaban J connectivity index is 1.43. The molecule has 2 fully saturated rings. The van der Waals surface area contributed by atoms with Crippen molar-refractivity contribution in [3.05, 3.63) is 41.3 Å². The number of methoxy groups -OCH3 is 1. The summed E-state index contributed by atoms with van der Waals surface area (Å²) in [7, 11) is 1.57. The van der Waals surface area contributed by atoms with Crippen LogP contribution >= 0.6 is 11.6 Å². The third-order valence-electron chi connectivity index (χ3n) is 7.89. The number of hydrogen-bond donors (Lipinski definition) is 1. The second-order valence-corrected chi connectivity index (χ2v) is 11.0. The molecule has 0 spiro atoms. The zero-order valence-electron chi connectivity index (χ0n) is 23.1. The van der Waals surface area contributed by atoms with Crippen molar-refractivity contribution in [2.24, 2.45) is 11.8 Å². The van der Waals surface area contributed by atoms with Crippen LogP contribution in [0.2, 0.25) is 5.02 Å². The highest BCUT2D eigenvalue weighted by Gasteiger charge is 2.41. The molecule has 1 aromatic carbocycles. The van der Waals surface area contributed by atoms with Gasteiger partial charge in [0.15, 0.2) is 0 Å². The van der Waals surface area contributed by atoms with Gasteiger partial charge in [0.25, 0.3) is 0 Å². The van der Waals surface area contributed by atoms with Gasteiger partial charge in [0, 0.05) is 62.7 Å². The van der Waals surface area contributed by atoms with E-state index < -0.39 is 11.8 Å². The summed E-state index contributed by atoms with van der Waals surface area (Å²) in [6.45, 7) is 8.71. The maximum Gasteiger partial charge on any atom is 0.305 e. The summed E-state index contributed by atoms with van der Waals surface area (Å²) in [5.74, 6) is -0.232. The van der Waals surface area contributed by atoms with Crippen LogP contribution in [0.15, 0.2) is 30.5 Å². The predicted octanol–water partition coefficient (Wildman–Crippen LogP) is 5.66. The monoisotopic (exact) mass is 563 g/mol. The first-order valence-corrected chi connectivity index (χ1v) is 14.1. The van der Waals surface area contributed by atoms with E-state index in [0.29, 0.717) is 35.5 Å². The van der Waals surface area contributed by atoms with E-state index in [1.807, 2.05) is 17.9 Å². The van der Waals surface area contributed by atoms with Gasteiger partial charge in [0.1, 0.15) is 17.7 Å². The van der Waals surface area contributed by atoms with Gasteiger partial charge in [-0.1, -0.05) is 38.8 Å². The maximum atomic E-state index is 15.5. The Morgan fingerprint density at radius 3 is 2.67 bits per heavy atom. The van der Waals surface area contributed by atoms with E-state index in [-0.39, 0.29) is 36.5 Å². The van der Waals surface area contributed by atoms with E-state index in [0.717, 1.165) is 38.0 Å². The number of benzene rings is 1. The molecule has 0 saturated carbocycles. The van der Waals surface area contributed by atoms with Gasteiger partial charge in [0.2, 0.25) is 5.88 Å². The fraction of sp³-hybridized carbons (Fsp3) is 0.586. The summed E-state index contributed by atoms with van der Waals surface area (Å²) in [5, 5.41) is 10.1. The lowest BCUT2D eigenvalue weighted by Crippen LogP contribution is -2.44. The first-order valence-electron chi connectivity index (χ1n) is 13.7. The molecule has 2 aromatic rings. The summed E-state index contributed by atoms with van der Waals surface area (Å²) in [5.41, 5.74) is 1.25. The fourth-order valence-electron chi connectivity index (χ4n) is 5.61. The number of aromatic nitrogens is 1. The number of hydrogen-bond acceptors (Lipinski definition) is 7. The van der Waals surface area contributed by atoms with Crippen LogP contribution in [0.5, 0.6) is 11.6 Å². The van der Waals surface area contributed by atoms with Gasteiger partial charge in [-0.2, -0.15) is 0 Å². The Labute approximate surface area is 235 Å². The van der Waals surface area contributed by atoms with Crippen LogP contribution in [-0.4, -0.2) is 67.7 Å². The number of anilines is 2. The number of piperidine rings is 1. The molecule has 5 atom stereocenters. The molecule has 2 aliphatic heterocycles. The highest BCUT2D eigenvalue weighted by molar-refractivity contribution is 6.33. The first-order chi connectivity index (χ1) is 18.7. The molecule has 3 heterocycles. The number of pyridine rings is 1. The molecule has 0 aliphatic carbocycles. The molecule has 1 N–H and O–H groups in total. The van der Waals surface area contributed by atoms with Crippen LogP contribution in [-0.2, 0) is 9.53 Å². The summed E-state index contributed by atoms with van der Waals surface area (Å²) >= 11 is 6.40. The number of nitrogens with zero attached hydrogens (tertiary/aromatic N) is 3. The van der Waals surface area contributed by atoms with E-state index in [1.54, 1.807) is 25.4 Å². The predicted molar refractivity (Wildman–Crippen MR) is 150 cm³/mol. The molecule has 2 saturated heterocycles. The van der Waals surface area contributed by atoms with Crippen LogP contribution in [0.4, 0.5) is 15.8 Å². The second-order valence-electron chi connectivity index (χ2n) is 10.6. The molecule has 0 bridgehead atoms. The smallest absolute Gasteiger partial charge is 0.305 e. The lowest BCUT2D eigenvalue weighted by molar-refractivity contribution is -0.137. The molecule has 10 heteroatoms. The quantitative estimate of drug-likeness (QED) is 0.351. The van der Waals surface area contributed by atoms with Crippen molar-refractivity contribution in [1.29, 1.82) is 0 Å². The summed E-state index contributed by atoms with van der Waals surface area (Å²) in [4.78, 5) is 19.8. The van der Waals surface area contributed by atoms with Crippen molar-refractivity contribution in [1.82, 2.24) is 4.98 Å². The van der Waals surface area contributed by atoms with Crippen LogP contribution in [0.1, 0.15) is 46.5 Å². The average molecular weight is 564 g/mol. The van der Waals surface area contributed by atoms with Gasteiger partial charge in [-0.25, -0.2) is 9.37 Å². The van der Waals surface area contributed by atoms with Crippen LogP contribution in [0, 0.1) is 17.7 Å². The Bertz CT molecular complexity index is 1140. The number of rotatable bonds is 11. The lowest BCUT2D eigenvalue weighted by Gasteiger charge is -2.38. The van der Waals surface area contributed by atoms with Crippen LogP contribution in [0.3, 0.4) is 0 Å². The minimum absolute atomic E-state index is 0.0341. The van der Waals surface area contributed by atoms with Crippen molar-refractivity contribution < 1.29 is 28.5 Å². The molecule has 1 aromatic heterocycles. The number of carboxylic acids is 1. The number of ether oxygens (including phenoxy) is 3. The van der Waals surface area contributed by atoms with E-state index in [9.17, 15) is 9.90 Å². The van der Waals surface area contributed by atoms with Gasteiger partial charge in [-0.05, 0) is 18.6 Å². The zero-order chi connectivity index (χ0) is 28.1. The molecule has 214 valence electrons. The number of aliphatic carboxylic acids is 1. The van der Waals surface area contributed by atoms with Gasteiger partial charge < -0.3 is 29.1 Å². The molecule has 0 radical (unpaired) electrons. The largest absolute Gasteiger partial charge is 0.490 e. The van der Waals surface area contributed by atoms with E-state index in [4.69, 9.17) is 25.8 Å². The third kappa shape index (κ3) is 6.87. The second kappa shape index (κ2) is 13.0. The van der Waals surface area contributed by atoms with Gasteiger partial charge in [0.05, 0.1) is 42.2 Å². The van der Waals surface area contributed by atoms with Crippen molar-refractivity contribution in [2.45, 2.75) is 64.7 Å². The van der Waals surface area contributed by atoms with Gasteiger partial charge in [-0.15, -0.1) is 0 Å². The summed E-state index contributed by atoms with van der Waals surface area (Å²) < 4.78 is 33.0. The molecule has 0 amide bonds. The highest BCUT2D eigenvalue weighted by Crippen LogP contribution is 2.37. The van der Waals surface area contributed by atoms with Gasteiger partial charge >= 0.3 is 5.97 Å². The number of unbranched alkanes of at least 4 members (excludes halogenated alkanes) is 1. The van der Waals surface area contributed by atoms with E-state index in [2.05, 4.69) is 23.7 Å². The van der Waals surface area contributed by atoms with E-state index in [1.165, 1.54) is 6.07 Å². The minimum Gasteiger partial charge on any atom is -0.490 e. The first kappa shape index (κ1) is 29.2. The lowest BCUT2D eigenvalue weighted by atomic mass is 9.96. The third-order valence-corrected chi connectivity index (χ3v) is 8.18. The maximum absolute atomic E-state index is 15.5. The minimum atomic E-state index is -0.904. The van der Waals surface area contributed by atoms with Crippen molar-refractivity contribution in [2.75, 3.05) is 43.2 Å². The van der Waals surface area contributed by atoms with Crippen molar-refractivity contribution >= 4 is 28.9 Å². The molecule has 4 rings (SSSR count). The molecule has 2 unspecified atom stereocenters. The molecular weight excluding hydrogens is 525 g/mol. The number of halogens is 2. The SMILES string of the molecule is CCCCO[C@H]1CN(c2ccc(OC3CCN(c4cc(OC)ncc4Cl)CC3C)cc2F)[C@@H](CC(=O)O)[C@@H]1C. The molecular formula is C29H39ClFN3O5. The van der Waals surface area contributed by atoms with Crippen molar-refractivity contribution in [3.63, 3.8) is 0 Å². The fourth-order valence-corrected chi connectivity index (χ4v) is 5.84. The Morgan fingerprint density at radius 1 is 1.21 bits per heavy atom. The van der Waals surface area contributed by atoms with Crippen LogP contribution < -0.4 is 19.3 Å². The van der Waals surface area contributed by atoms with Crippen LogP contribution in [0.25, 0.3) is 0 Å². The summed E-state index contributed by atoms with van der Waals surface area (Å²) in [6.07, 6.45) is 3.99.